The molecule has 0 fully saturated rings. The highest BCUT2D eigenvalue weighted by Gasteiger charge is 2.20. The van der Waals surface area contributed by atoms with Gasteiger partial charge in [0.2, 0.25) is 0 Å². The summed E-state index contributed by atoms with van der Waals surface area (Å²) in [5.74, 6) is -0.328. The quantitative estimate of drug-likeness (QED) is 0.520. The summed E-state index contributed by atoms with van der Waals surface area (Å²) in [6.45, 7) is 0.558. The molecule has 1 aliphatic heterocycles. The molecule has 12 heavy (non-hydrogen) atoms. The van der Waals surface area contributed by atoms with Crippen LogP contribution in [0.1, 0.15) is 16.1 Å². The van der Waals surface area contributed by atoms with Crippen molar-refractivity contribution in [3.63, 3.8) is 0 Å². The number of amides is 1. The van der Waals surface area contributed by atoms with Gasteiger partial charge in [0.25, 0.3) is 11.5 Å². The standard InChI is InChI=1S/C7H7N3O2/c11-6-5-4(1-2-8-6)9-3-10-7(5)12/h3H,1-2H2,(H,8,11)(H,9,10,12). The first-order valence-electron chi connectivity index (χ1n) is 3.64. The second-order valence-corrected chi connectivity index (χ2v) is 2.56. The van der Waals surface area contributed by atoms with Gasteiger partial charge in [-0.1, -0.05) is 0 Å². The average Bonchev–Trinajstić information content (AvgIpc) is 2.04. The molecule has 0 aliphatic carbocycles. The van der Waals surface area contributed by atoms with E-state index in [4.69, 9.17) is 0 Å². The van der Waals surface area contributed by atoms with E-state index >= 15 is 0 Å². The van der Waals surface area contributed by atoms with Crippen LogP contribution < -0.4 is 10.9 Å². The molecule has 0 aromatic carbocycles. The smallest absolute Gasteiger partial charge is 0.263 e. The lowest BCUT2D eigenvalue weighted by Gasteiger charge is -2.12. The van der Waals surface area contributed by atoms with E-state index < -0.39 is 0 Å². The maximum atomic E-state index is 11.1. The van der Waals surface area contributed by atoms with Gasteiger partial charge in [0.1, 0.15) is 5.56 Å². The van der Waals surface area contributed by atoms with Gasteiger partial charge in [-0.05, 0) is 0 Å². The Bertz CT molecular complexity index is 382. The fourth-order valence-electron chi connectivity index (χ4n) is 1.24. The molecule has 1 amide bonds. The third-order valence-corrected chi connectivity index (χ3v) is 1.81. The number of rotatable bonds is 0. The van der Waals surface area contributed by atoms with Gasteiger partial charge < -0.3 is 10.3 Å². The molecule has 62 valence electrons. The Hall–Kier alpha value is -1.65. The van der Waals surface area contributed by atoms with Crippen molar-refractivity contribution in [1.29, 1.82) is 0 Å². The number of hydrogen-bond donors (Lipinski definition) is 2. The van der Waals surface area contributed by atoms with Crippen LogP contribution in [0.2, 0.25) is 0 Å². The van der Waals surface area contributed by atoms with Crippen molar-refractivity contribution in [2.45, 2.75) is 6.42 Å². The largest absolute Gasteiger partial charge is 0.351 e. The summed E-state index contributed by atoms with van der Waals surface area (Å²) in [5, 5.41) is 2.58. The van der Waals surface area contributed by atoms with Crippen molar-refractivity contribution >= 4 is 5.91 Å². The topological polar surface area (TPSA) is 74.8 Å². The van der Waals surface area contributed by atoms with Gasteiger partial charge >= 0.3 is 0 Å². The van der Waals surface area contributed by atoms with Crippen molar-refractivity contribution in [1.82, 2.24) is 15.3 Å². The van der Waals surface area contributed by atoms with Gasteiger partial charge in [0.15, 0.2) is 0 Å². The molecule has 0 saturated heterocycles. The number of hydrogen-bond acceptors (Lipinski definition) is 3. The zero-order valence-corrected chi connectivity index (χ0v) is 6.26. The minimum atomic E-state index is -0.364. The molecule has 0 spiro atoms. The molecule has 5 nitrogen and oxygen atoms in total. The van der Waals surface area contributed by atoms with Crippen LogP contribution in [0.5, 0.6) is 0 Å². The molecule has 0 saturated carbocycles. The molecule has 1 aromatic rings. The fraction of sp³-hybridized carbons (Fsp3) is 0.286. The summed E-state index contributed by atoms with van der Waals surface area (Å²) in [6.07, 6.45) is 1.95. The van der Waals surface area contributed by atoms with Crippen LogP contribution in [0.3, 0.4) is 0 Å². The molecule has 1 aromatic heterocycles. The minimum Gasteiger partial charge on any atom is -0.351 e. The zero-order chi connectivity index (χ0) is 8.55. The van der Waals surface area contributed by atoms with Crippen molar-refractivity contribution in [2.24, 2.45) is 0 Å². The lowest BCUT2D eigenvalue weighted by atomic mass is 10.1. The summed E-state index contributed by atoms with van der Waals surface area (Å²) in [4.78, 5) is 28.5. The van der Waals surface area contributed by atoms with Gasteiger partial charge in [-0.2, -0.15) is 0 Å². The first-order chi connectivity index (χ1) is 5.79. The highest BCUT2D eigenvalue weighted by molar-refractivity contribution is 5.95. The zero-order valence-electron chi connectivity index (χ0n) is 6.26. The SMILES string of the molecule is O=C1NCCc2nc[nH]c(=O)c21. The van der Waals surface area contributed by atoms with Gasteiger partial charge in [0.05, 0.1) is 12.0 Å². The van der Waals surface area contributed by atoms with Gasteiger partial charge in [0, 0.05) is 13.0 Å². The molecule has 2 N–H and O–H groups in total. The molecule has 1 aliphatic rings. The van der Waals surface area contributed by atoms with Gasteiger partial charge in [-0.15, -0.1) is 0 Å². The van der Waals surface area contributed by atoms with Crippen LogP contribution >= 0.6 is 0 Å². The van der Waals surface area contributed by atoms with Gasteiger partial charge in [-0.3, -0.25) is 9.59 Å². The van der Waals surface area contributed by atoms with Crippen molar-refractivity contribution in [3.05, 3.63) is 27.9 Å². The van der Waals surface area contributed by atoms with Gasteiger partial charge in [-0.25, -0.2) is 4.98 Å². The van der Waals surface area contributed by atoms with E-state index in [2.05, 4.69) is 15.3 Å². The Morgan fingerprint density at radius 1 is 1.42 bits per heavy atom. The highest BCUT2D eigenvalue weighted by atomic mass is 16.2. The summed E-state index contributed by atoms with van der Waals surface area (Å²) in [5.41, 5.74) is 0.378. The molecule has 0 unspecified atom stereocenters. The summed E-state index contributed by atoms with van der Waals surface area (Å²) < 4.78 is 0. The number of carbonyl (C=O) groups is 1. The molecular formula is C7H7N3O2. The summed E-state index contributed by atoms with van der Waals surface area (Å²) in [6, 6.07) is 0. The Balaban J connectivity index is 2.69. The lowest BCUT2D eigenvalue weighted by Crippen LogP contribution is -2.37. The maximum Gasteiger partial charge on any atom is 0.263 e. The molecule has 0 bridgehead atoms. The third kappa shape index (κ3) is 0.903. The molecule has 0 radical (unpaired) electrons. The number of carbonyl (C=O) groups excluding carboxylic acids is 1. The number of H-pyrrole nitrogens is 1. The van der Waals surface area contributed by atoms with E-state index in [-0.39, 0.29) is 17.0 Å². The first-order valence-corrected chi connectivity index (χ1v) is 3.64. The van der Waals surface area contributed by atoms with Crippen LogP contribution in [0, 0.1) is 0 Å². The Morgan fingerprint density at radius 3 is 3.00 bits per heavy atom. The first kappa shape index (κ1) is 7.02. The predicted octanol–water partition coefficient (Wildman–Crippen LogP) is -0.944. The number of aromatic amines is 1. The Morgan fingerprint density at radius 2 is 2.25 bits per heavy atom. The Kier molecular flexibility index (Phi) is 1.43. The molecular weight excluding hydrogens is 158 g/mol. The van der Waals surface area contributed by atoms with E-state index in [1.165, 1.54) is 6.33 Å². The third-order valence-electron chi connectivity index (χ3n) is 1.81. The summed E-state index contributed by atoms with van der Waals surface area (Å²) in [7, 11) is 0. The second-order valence-electron chi connectivity index (χ2n) is 2.56. The normalized spacial score (nSPS) is 15.2. The highest BCUT2D eigenvalue weighted by Crippen LogP contribution is 2.03. The molecule has 2 heterocycles. The van der Waals surface area contributed by atoms with Crippen LogP contribution in [0.4, 0.5) is 0 Å². The molecule has 0 atom stereocenters. The van der Waals surface area contributed by atoms with Crippen LogP contribution in [0.25, 0.3) is 0 Å². The Labute approximate surface area is 67.8 Å². The van der Waals surface area contributed by atoms with E-state index in [9.17, 15) is 9.59 Å². The fourth-order valence-corrected chi connectivity index (χ4v) is 1.24. The van der Waals surface area contributed by atoms with Crippen molar-refractivity contribution < 1.29 is 4.79 Å². The van der Waals surface area contributed by atoms with E-state index in [1.807, 2.05) is 0 Å². The minimum absolute atomic E-state index is 0.156. The van der Waals surface area contributed by atoms with Crippen molar-refractivity contribution in [3.8, 4) is 0 Å². The monoisotopic (exact) mass is 165 g/mol. The number of aromatic nitrogens is 2. The van der Waals surface area contributed by atoms with E-state index in [0.717, 1.165) is 0 Å². The number of fused-ring (bicyclic) bond motifs is 1. The average molecular weight is 165 g/mol. The summed E-state index contributed by atoms with van der Waals surface area (Å²) >= 11 is 0. The van der Waals surface area contributed by atoms with E-state index in [1.54, 1.807) is 0 Å². The van der Waals surface area contributed by atoms with Crippen LogP contribution in [-0.4, -0.2) is 22.4 Å². The van der Waals surface area contributed by atoms with Crippen LogP contribution in [0.15, 0.2) is 11.1 Å². The number of nitrogens with one attached hydrogen (secondary N) is 2. The van der Waals surface area contributed by atoms with Crippen molar-refractivity contribution in [2.75, 3.05) is 6.54 Å². The van der Waals surface area contributed by atoms with Crippen LogP contribution in [-0.2, 0) is 6.42 Å². The lowest BCUT2D eigenvalue weighted by molar-refractivity contribution is 0.0943. The molecule has 5 heteroatoms. The predicted molar refractivity (Wildman–Crippen MR) is 40.9 cm³/mol. The number of nitrogens with zero attached hydrogens (tertiary/aromatic N) is 1. The second kappa shape index (κ2) is 2.44. The van der Waals surface area contributed by atoms with E-state index in [0.29, 0.717) is 18.7 Å². The maximum absolute atomic E-state index is 11.1. The molecule has 2 rings (SSSR count).